The molecule has 1 aromatic heterocycles. The number of nitrogens with zero attached hydrogens (tertiary/aromatic N) is 1. The second-order valence-corrected chi connectivity index (χ2v) is 5.70. The first-order valence-electron chi connectivity index (χ1n) is 7.73. The van der Waals surface area contributed by atoms with E-state index in [1.807, 2.05) is 0 Å². The van der Waals surface area contributed by atoms with Gasteiger partial charge in [0.05, 0.1) is 0 Å². The van der Waals surface area contributed by atoms with Crippen LogP contribution < -0.4 is 0 Å². The van der Waals surface area contributed by atoms with Crippen molar-refractivity contribution in [2.75, 3.05) is 0 Å². The molecule has 0 aliphatic heterocycles. The first kappa shape index (κ1) is 13.6. The van der Waals surface area contributed by atoms with E-state index >= 15 is 0 Å². The van der Waals surface area contributed by atoms with Crippen LogP contribution in [0.5, 0.6) is 0 Å². The van der Waals surface area contributed by atoms with E-state index in [9.17, 15) is 0 Å². The first-order valence-corrected chi connectivity index (χ1v) is 7.73. The highest BCUT2D eigenvalue weighted by molar-refractivity contribution is 5.45. The monoisotopic (exact) mass is 245 g/mol. The molecule has 0 amide bonds. The van der Waals surface area contributed by atoms with E-state index in [4.69, 9.17) is 4.98 Å². The Morgan fingerprint density at radius 3 is 2.33 bits per heavy atom. The van der Waals surface area contributed by atoms with Gasteiger partial charge in [0.1, 0.15) is 0 Å². The lowest BCUT2D eigenvalue weighted by molar-refractivity contribution is 0.895. The summed E-state index contributed by atoms with van der Waals surface area (Å²) in [6, 6.07) is 0. The Bertz CT molecular complexity index is 416. The smallest absolute Gasteiger partial charge is 0.0441 e. The summed E-state index contributed by atoms with van der Waals surface area (Å²) < 4.78 is 0. The second kappa shape index (κ2) is 5.86. The summed E-state index contributed by atoms with van der Waals surface area (Å²) in [7, 11) is 0. The maximum absolute atomic E-state index is 4.82. The average Bonchev–Trinajstić information content (AvgIpc) is 3.07. The van der Waals surface area contributed by atoms with E-state index in [0.29, 0.717) is 0 Å². The molecule has 3 rings (SSSR count). The summed E-state index contributed by atoms with van der Waals surface area (Å²) in [5, 5.41) is 0. The number of hydrogen-bond acceptors (Lipinski definition) is 1. The molecule has 0 N–H and O–H groups in total. The first-order chi connectivity index (χ1) is 8.72. The standard InChI is InChI=1S/C14H19N.C3H8/c1-3-11-12-5-4-6-13(12)15-9(2)14(11)10-7-8-10;1-3-2/h10H,3-8H2,1-2H3;3H2,1-2H3. The van der Waals surface area contributed by atoms with Crippen molar-refractivity contribution < 1.29 is 0 Å². The normalized spacial score (nSPS) is 17.1. The molecule has 1 nitrogen and oxygen atoms in total. The van der Waals surface area contributed by atoms with Crippen LogP contribution in [0.15, 0.2) is 0 Å². The molecule has 2 aliphatic carbocycles. The fourth-order valence-corrected chi connectivity index (χ4v) is 3.14. The van der Waals surface area contributed by atoms with Crippen LogP contribution in [0.4, 0.5) is 0 Å². The minimum Gasteiger partial charge on any atom is -0.258 e. The number of aryl methyl sites for hydroxylation is 2. The van der Waals surface area contributed by atoms with Gasteiger partial charge < -0.3 is 0 Å². The van der Waals surface area contributed by atoms with E-state index in [0.717, 1.165) is 5.92 Å². The maximum atomic E-state index is 4.82. The zero-order valence-electron chi connectivity index (χ0n) is 12.5. The molecule has 0 aromatic carbocycles. The highest BCUT2D eigenvalue weighted by Gasteiger charge is 2.30. The molecule has 0 bridgehead atoms. The van der Waals surface area contributed by atoms with Crippen molar-refractivity contribution in [3.05, 3.63) is 28.1 Å². The van der Waals surface area contributed by atoms with Crippen LogP contribution in [0, 0.1) is 6.92 Å². The third-order valence-corrected chi connectivity index (χ3v) is 3.91. The molecule has 0 spiro atoms. The van der Waals surface area contributed by atoms with Gasteiger partial charge in [0.15, 0.2) is 0 Å². The predicted octanol–water partition coefficient (Wildman–Crippen LogP) is 4.73. The van der Waals surface area contributed by atoms with Gasteiger partial charge >= 0.3 is 0 Å². The second-order valence-electron chi connectivity index (χ2n) is 5.70. The zero-order chi connectivity index (χ0) is 13.1. The molecule has 0 radical (unpaired) electrons. The predicted molar refractivity (Wildman–Crippen MR) is 78.3 cm³/mol. The largest absolute Gasteiger partial charge is 0.258 e. The van der Waals surface area contributed by atoms with Gasteiger partial charge in [-0.1, -0.05) is 27.2 Å². The van der Waals surface area contributed by atoms with E-state index in [2.05, 4.69) is 27.7 Å². The number of rotatable bonds is 2. The van der Waals surface area contributed by atoms with Crippen LogP contribution in [0.25, 0.3) is 0 Å². The highest BCUT2D eigenvalue weighted by atomic mass is 14.7. The summed E-state index contributed by atoms with van der Waals surface area (Å²) in [5.41, 5.74) is 7.64. The Hall–Kier alpha value is -0.850. The lowest BCUT2D eigenvalue weighted by Gasteiger charge is -2.15. The van der Waals surface area contributed by atoms with Crippen molar-refractivity contribution in [3.8, 4) is 0 Å². The van der Waals surface area contributed by atoms with Crippen LogP contribution in [-0.2, 0) is 19.3 Å². The maximum Gasteiger partial charge on any atom is 0.0441 e. The average molecular weight is 245 g/mol. The van der Waals surface area contributed by atoms with Gasteiger partial charge in [-0.15, -0.1) is 0 Å². The summed E-state index contributed by atoms with van der Waals surface area (Å²) in [6.45, 7) is 8.77. The molecule has 1 heterocycles. The van der Waals surface area contributed by atoms with E-state index < -0.39 is 0 Å². The van der Waals surface area contributed by atoms with Crippen molar-refractivity contribution in [3.63, 3.8) is 0 Å². The van der Waals surface area contributed by atoms with E-state index in [1.165, 1.54) is 56.3 Å². The molecule has 1 aromatic rings. The number of pyridine rings is 1. The van der Waals surface area contributed by atoms with E-state index in [1.54, 1.807) is 16.7 Å². The van der Waals surface area contributed by atoms with Gasteiger partial charge in [0.2, 0.25) is 0 Å². The topological polar surface area (TPSA) is 12.9 Å². The molecular weight excluding hydrogens is 218 g/mol. The van der Waals surface area contributed by atoms with Crippen LogP contribution >= 0.6 is 0 Å². The van der Waals surface area contributed by atoms with Gasteiger partial charge in [0.25, 0.3) is 0 Å². The van der Waals surface area contributed by atoms with Crippen molar-refractivity contribution in [1.29, 1.82) is 0 Å². The van der Waals surface area contributed by atoms with Gasteiger partial charge in [-0.2, -0.15) is 0 Å². The SMILES string of the molecule is CCC.CCc1c2c(nc(C)c1C1CC1)CCC2. The lowest BCUT2D eigenvalue weighted by Crippen LogP contribution is -2.04. The molecule has 2 aliphatic rings. The number of hydrogen-bond donors (Lipinski definition) is 0. The Balaban J connectivity index is 0.000000367. The third kappa shape index (κ3) is 2.60. The van der Waals surface area contributed by atoms with Gasteiger partial charge in [-0.3, -0.25) is 4.98 Å². The zero-order valence-corrected chi connectivity index (χ0v) is 12.5. The lowest BCUT2D eigenvalue weighted by atomic mass is 9.94. The number of fused-ring (bicyclic) bond motifs is 1. The fraction of sp³-hybridized carbons (Fsp3) is 0.706. The Morgan fingerprint density at radius 1 is 1.11 bits per heavy atom. The molecule has 1 heteroatoms. The molecule has 0 atom stereocenters. The molecule has 18 heavy (non-hydrogen) atoms. The molecular formula is C17H27N. The quantitative estimate of drug-likeness (QED) is 0.733. The minimum atomic E-state index is 0.860. The van der Waals surface area contributed by atoms with Crippen molar-refractivity contribution in [2.24, 2.45) is 0 Å². The van der Waals surface area contributed by atoms with Crippen molar-refractivity contribution in [1.82, 2.24) is 4.98 Å². The molecule has 1 saturated carbocycles. The Kier molecular flexibility index (Phi) is 4.42. The molecule has 1 fully saturated rings. The van der Waals surface area contributed by atoms with E-state index in [-0.39, 0.29) is 0 Å². The summed E-state index contributed by atoms with van der Waals surface area (Å²) in [6.07, 6.45) is 9.07. The molecule has 100 valence electrons. The van der Waals surface area contributed by atoms with Crippen LogP contribution in [0.1, 0.15) is 80.5 Å². The molecule has 0 unspecified atom stereocenters. The molecule has 0 saturated heterocycles. The summed E-state index contributed by atoms with van der Waals surface area (Å²) in [4.78, 5) is 4.82. The van der Waals surface area contributed by atoms with Crippen LogP contribution in [-0.4, -0.2) is 4.98 Å². The highest BCUT2D eigenvalue weighted by Crippen LogP contribution is 2.45. The fourth-order valence-electron chi connectivity index (χ4n) is 3.14. The van der Waals surface area contributed by atoms with Crippen LogP contribution in [0.2, 0.25) is 0 Å². The van der Waals surface area contributed by atoms with Gasteiger partial charge in [-0.05, 0) is 68.1 Å². The van der Waals surface area contributed by atoms with Crippen molar-refractivity contribution in [2.45, 2.75) is 78.6 Å². The van der Waals surface area contributed by atoms with Gasteiger partial charge in [0, 0.05) is 11.4 Å². The summed E-state index contributed by atoms with van der Waals surface area (Å²) >= 11 is 0. The Labute approximate surface area is 112 Å². The third-order valence-electron chi connectivity index (χ3n) is 3.91. The Morgan fingerprint density at radius 2 is 1.78 bits per heavy atom. The van der Waals surface area contributed by atoms with Gasteiger partial charge in [-0.25, -0.2) is 0 Å². The van der Waals surface area contributed by atoms with Crippen LogP contribution in [0.3, 0.4) is 0 Å². The number of aromatic nitrogens is 1. The van der Waals surface area contributed by atoms with Crippen molar-refractivity contribution >= 4 is 0 Å². The minimum absolute atomic E-state index is 0.860. The summed E-state index contributed by atoms with van der Waals surface area (Å²) in [5.74, 6) is 0.860.